The molecule has 6 heteroatoms. The van der Waals surface area contributed by atoms with Gasteiger partial charge in [-0.15, -0.1) is 0 Å². The molecule has 0 aromatic heterocycles. The number of hydrogen-bond donors (Lipinski definition) is 0. The summed E-state index contributed by atoms with van der Waals surface area (Å²) in [4.78, 5) is 29.1. The molecule has 1 aliphatic carbocycles. The summed E-state index contributed by atoms with van der Waals surface area (Å²) in [5, 5.41) is 0. The van der Waals surface area contributed by atoms with Gasteiger partial charge < -0.3 is 19.3 Å². The Balaban J connectivity index is 1.59. The van der Waals surface area contributed by atoms with Crippen molar-refractivity contribution in [2.45, 2.75) is 78.0 Å². The van der Waals surface area contributed by atoms with Gasteiger partial charge in [-0.25, -0.2) is 9.59 Å². The van der Waals surface area contributed by atoms with Crippen molar-refractivity contribution < 1.29 is 19.1 Å². The molecule has 1 saturated carbocycles. The van der Waals surface area contributed by atoms with Gasteiger partial charge in [0, 0.05) is 25.7 Å². The quantitative estimate of drug-likeness (QED) is 0.547. The van der Waals surface area contributed by atoms with Crippen LogP contribution in [0.5, 0.6) is 0 Å². The first-order valence-corrected chi connectivity index (χ1v) is 12.1. The third-order valence-electron chi connectivity index (χ3n) is 5.89. The number of carbonyl (C=O) groups excluding carboxylic acids is 2. The summed E-state index contributed by atoms with van der Waals surface area (Å²) in [7, 11) is 0. The van der Waals surface area contributed by atoms with Crippen LogP contribution < -0.4 is 0 Å². The Morgan fingerprint density at radius 2 is 1.61 bits per heavy atom. The lowest BCUT2D eigenvalue weighted by atomic mass is 9.96. The Hall–Kier alpha value is -2.50. The predicted octanol–water partition coefficient (Wildman–Crippen LogP) is 5.97. The zero-order valence-electron chi connectivity index (χ0n) is 21.0. The highest BCUT2D eigenvalue weighted by atomic mass is 16.6. The zero-order valence-corrected chi connectivity index (χ0v) is 21.0. The van der Waals surface area contributed by atoms with Gasteiger partial charge in [0.05, 0.1) is 0 Å². The van der Waals surface area contributed by atoms with Crippen LogP contribution in [-0.4, -0.2) is 58.9 Å². The normalized spacial score (nSPS) is 21.7. The van der Waals surface area contributed by atoms with Crippen molar-refractivity contribution >= 4 is 18.3 Å². The van der Waals surface area contributed by atoms with E-state index in [0.717, 1.165) is 19.3 Å². The SMILES string of the molecule is CC(C)(C)OC(=O)N1CCC(CN(C(=O)OC(C)(C)C)C2CC2/C=C\c2ccccc2)CC1. The summed E-state index contributed by atoms with van der Waals surface area (Å²) in [5.41, 5.74) is 0.150. The lowest BCUT2D eigenvalue weighted by Crippen LogP contribution is -2.46. The molecule has 1 heterocycles. The van der Waals surface area contributed by atoms with Gasteiger partial charge in [-0.2, -0.15) is 0 Å². The van der Waals surface area contributed by atoms with E-state index in [-0.39, 0.29) is 18.2 Å². The Morgan fingerprint density at radius 1 is 1.00 bits per heavy atom. The number of nitrogens with zero attached hydrogens (tertiary/aromatic N) is 2. The van der Waals surface area contributed by atoms with E-state index in [1.807, 2.05) is 64.6 Å². The highest BCUT2D eigenvalue weighted by Crippen LogP contribution is 2.39. The van der Waals surface area contributed by atoms with E-state index in [4.69, 9.17) is 9.47 Å². The standard InChI is InChI=1S/C27H40N2O4/c1-26(2,3)32-24(30)28-16-14-21(15-17-28)19-29(25(31)33-27(4,5)6)23-18-22(23)13-12-20-10-8-7-9-11-20/h7-13,21-23H,14-19H2,1-6H3/b13-12-. The van der Waals surface area contributed by atoms with Gasteiger partial charge in [-0.3, -0.25) is 0 Å². The van der Waals surface area contributed by atoms with Gasteiger partial charge in [0.25, 0.3) is 0 Å². The first-order chi connectivity index (χ1) is 15.4. The van der Waals surface area contributed by atoms with Crippen molar-refractivity contribution in [2.75, 3.05) is 19.6 Å². The summed E-state index contributed by atoms with van der Waals surface area (Å²) >= 11 is 0. The van der Waals surface area contributed by atoms with Gasteiger partial charge in [0.2, 0.25) is 0 Å². The fourth-order valence-electron chi connectivity index (χ4n) is 4.13. The lowest BCUT2D eigenvalue weighted by Gasteiger charge is -2.36. The fourth-order valence-corrected chi connectivity index (χ4v) is 4.13. The first kappa shape index (κ1) is 25.1. The maximum absolute atomic E-state index is 13.1. The molecule has 2 amide bonds. The molecule has 0 N–H and O–H groups in total. The van der Waals surface area contributed by atoms with Gasteiger partial charge in [0.1, 0.15) is 11.2 Å². The molecule has 2 atom stereocenters. The van der Waals surface area contributed by atoms with E-state index in [1.165, 1.54) is 5.56 Å². The van der Waals surface area contributed by atoms with E-state index in [0.29, 0.717) is 31.5 Å². The average molecular weight is 457 g/mol. The van der Waals surface area contributed by atoms with Crippen LogP contribution in [0.4, 0.5) is 9.59 Å². The number of ether oxygens (including phenoxy) is 2. The van der Waals surface area contributed by atoms with Crippen LogP contribution in [-0.2, 0) is 9.47 Å². The zero-order chi connectivity index (χ0) is 24.2. The summed E-state index contributed by atoms with van der Waals surface area (Å²) in [6.07, 6.45) is 6.53. The van der Waals surface area contributed by atoms with Crippen molar-refractivity contribution in [1.29, 1.82) is 0 Å². The molecule has 0 radical (unpaired) electrons. The molecule has 6 nitrogen and oxygen atoms in total. The number of hydrogen-bond acceptors (Lipinski definition) is 4. The highest BCUT2D eigenvalue weighted by molar-refractivity contribution is 5.70. The Labute approximate surface area is 198 Å². The van der Waals surface area contributed by atoms with Crippen molar-refractivity contribution in [1.82, 2.24) is 9.80 Å². The molecule has 2 fully saturated rings. The third-order valence-corrected chi connectivity index (χ3v) is 5.89. The smallest absolute Gasteiger partial charge is 0.410 e. The number of rotatable bonds is 5. The minimum atomic E-state index is -0.528. The highest BCUT2D eigenvalue weighted by Gasteiger charge is 2.44. The topological polar surface area (TPSA) is 59.1 Å². The maximum atomic E-state index is 13.1. The van der Waals surface area contributed by atoms with E-state index in [9.17, 15) is 9.59 Å². The average Bonchev–Trinajstić information content (AvgIpc) is 3.48. The number of carbonyl (C=O) groups is 2. The summed E-state index contributed by atoms with van der Waals surface area (Å²) in [6, 6.07) is 10.4. The van der Waals surface area contributed by atoms with Crippen LogP contribution in [0.25, 0.3) is 6.08 Å². The van der Waals surface area contributed by atoms with Crippen molar-refractivity contribution in [2.24, 2.45) is 11.8 Å². The molecule has 0 spiro atoms. The molecule has 33 heavy (non-hydrogen) atoms. The van der Waals surface area contributed by atoms with E-state index >= 15 is 0 Å². The lowest BCUT2D eigenvalue weighted by molar-refractivity contribution is 0.00835. The van der Waals surface area contributed by atoms with Crippen LogP contribution in [0.3, 0.4) is 0 Å². The molecule has 2 aliphatic rings. The van der Waals surface area contributed by atoms with Crippen LogP contribution in [0.15, 0.2) is 36.4 Å². The largest absolute Gasteiger partial charge is 0.444 e. The Morgan fingerprint density at radius 3 is 2.18 bits per heavy atom. The second-order valence-corrected chi connectivity index (χ2v) is 11.3. The van der Waals surface area contributed by atoms with Gasteiger partial charge in [-0.1, -0.05) is 42.5 Å². The van der Waals surface area contributed by atoms with Crippen molar-refractivity contribution in [3.8, 4) is 0 Å². The molecule has 1 aromatic carbocycles. The number of amides is 2. The molecule has 1 aliphatic heterocycles. The van der Waals surface area contributed by atoms with E-state index in [2.05, 4.69) is 24.3 Å². The van der Waals surface area contributed by atoms with Gasteiger partial charge >= 0.3 is 12.2 Å². The molecule has 3 rings (SSSR count). The summed E-state index contributed by atoms with van der Waals surface area (Å²) in [6.45, 7) is 13.3. The predicted molar refractivity (Wildman–Crippen MR) is 131 cm³/mol. The second kappa shape index (κ2) is 10.2. The molecule has 1 aromatic rings. The number of benzene rings is 1. The minimum absolute atomic E-state index is 0.170. The summed E-state index contributed by atoms with van der Waals surface area (Å²) < 4.78 is 11.3. The minimum Gasteiger partial charge on any atom is -0.444 e. The van der Waals surface area contributed by atoms with Crippen molar-refractivity contribution in [3.05, 3.63) is 42.0 Å². The molecule has 0 bridgehead atoms. The van der Waals surface area contributed by atoms with E-state index in [1.54, 1.807) is 4.90 Å². The molecule has 2 unspecified atom stereocenters. The maximum Gasteiger partial charge on any atom is 0.410 e. The van der Waals surface area contributed by atoms with Crippen LogP contribution in [0.1, 0.15) is 66.4 Å². The first-order valence-electron chi connectivity index (χ1n) is 12.1. The molecule has 182 valence electrons. The summed E-state index contributed by atoms with van der Waals surface area (Å²) in [5.74, 6) is 0.690. The van der Waals surface area contributed by atoms with Crippen LogP contribution in [0, 0.1) is 11.8 Å². The van der Waals surface area contributed by atoms with E-state index < -0.39 is 11.2 Å². The number of likely N-dealkylation sites (tertiary alicyclic amines) is 1. The van der Waals surface area contributed by atoms with Crippen LogP contribution >= 0.6 is 0 Å². The van der Waals surface area contributed by atoms with Crippen molar-refractivity contribution in [3.63, 3.8) is 0 Å². The number of piperidine rings is 1. The fraction of sp³-hybridized carbons (Fsp3) is 0.630. The third kappa shape index (κ3) is 8.09. The molecular formula is C27H40N2O4. The Bertz CT molecular complexity index is 830. The van der Waals surface area contributed by atoms with Gasteiger partial charge in [0.15, 0.2) is 0 Å². The second-order valence-electron chi connectivity index (χ2n) is 11.3. The van der Waals surface area contributed by atoms with Gasteiger partial charge in [-0.05, 0) is 78.2 Å². The van der Waals surface area contributed by atoms with Crippen LogP contribution in [0.2, 0.25) is 0 Å². The Kier molecular flexibility index (Phi) is 7.76. The monoisotopic (exact) mass is 456 g/mol. The molecule has 1 saturated heterocycles. The molecular weight excluding hydrogens is 416 g/mol.